The van der Waals surface area contributed by atoms with Crippen LogP contribution in [0.2, 0.25) is 0 Å². The molecule has 1 fully saturated rings. The lowest BCUT2D eigenvalue weighted by atomic mass is 10.1. The number of carbonyl (C=O) groups excluding carboxylic acids is 1. The number of amides is 1. The largest absolute Gasteiger partial charge is 0.467 e. The highest BCUT2D eigenvalue weighted by Gasteiger charge is 2.31. The summed E-state index contributed by atoms with van der Waals surface area (Å²) in [5.41, 5.74) is 2.04. The van der Waals surface area contributed by atoms with Gasteiger partial charge in [-0.25, -0.2) is 9.50 Å². The van der Waals surface area contributed by atoms with E-state index in [1.165, 1.54) is 0 Å². The lowest BCUT2D eigenvalue weighted by Crippen LogP contribution is -2.34. The molecular weight excluding hydrogens is 304 g/mol. The first-order valence-electron chi connectivity index (χ1n) is 8.39. The van der Waals surface area contributed by atoms with Crippen molar-refractivity contribution in [1.82, 2.24) is 19.5 Å². The molecule has 0 saturated carbocycles. The third-order valence-corrected chi connectivity index (χ3v) is 4.62. The maximum Gasteiger partial charge on any atom is 0.259 e. The number of likely N-dealkylation sites (tertiary alicyclic amines) is 1. The third kappa shape index (κ3) is 2.58. The van der Waals surface area contributed by atoms with E-state index in [0.717, 1.165) is 43.7 Å². The van der Waals surface area contributed by atoms with Crippen LogP contribution >= 0.6 is 0 Å². The molecule has 4 heterocycles. The van der Waals surface area contributed by atoms with E-state index in [9.17, 15) is 4.79 Å². The van der Waals surface area contributed by atoms with Gasteiger partial charge in [-0.2, -0.15) is 5.10 Å². The van der Waals surface area contributed by atoms with Gasteiger partial charge >= 0.3 is 0 Å². The normalized spacial score (nSPS) is 18.7. The molecule has 3 aromatic heterocycles. The number of rotatable bonds is 2. The minimum absolute atomic E-state index is 0.0187. The van der Waals surface area contributed by atoms with Gasteiger partial charge in [0.1, 0.15) is 11.3 Å². The Morgan fingerprint density at radius 3 is 3.04 bits per heavy atom. The van der Waals surface area contributed by atoms with Gasteiger partial charge in [-0.15, -0.1) is 0 Å². The summed E-state index contributed by atoms with van der Waals surface area (Å²) in [5.74, 6) is 0.831. The molecule has 1 atom stereocenters. The van der Waals surface area contributed by atoms with Crippen molar-refractivity contribution in [3.05, 3.63) is 53.9 Å². The van der Waals surface area contributed by atoms with Crippen LogP contribution in [0.4, 0.5) is 0 Å². The Labute approximate surface area is 140 Å². The van der Waals surface area contributed by atoms with Gasteiger partial charge in [0.25, 0.3) is 5.91 Å². The van der Waals surface area contributed by atoms with Crippen molar-refractivity contribution in [2.45, 2.75) is 38.6 Å². The predicted molar refractivity (Wildman–Crippen MR) is 88.7 cm³/mol. The Kier molecular flexibility index (Phi) is 3.80. The first-order valence-corrected chi connectivity index (χ1v) is 8.39. The van der Waals surface area contributed by atoms with Crippen molar-refractivity contribution in [3.8, 4) is 0 Å². The first kappa shape index (κ1) is 14.9. The van der Waals surface area contributed by atoms with Crippen LogP contribution in [0.1, 0.15) is 53.5 Å². The Bertz CT molecular complexity index is 853. The number of fused-ring (bicyclic) bond motifs is 1. The van der Waals surface area contributed by atoms with Crippen LogP contribution < -0.4 is 0 Å². The number of hydrogen-bond donors (Lipinski definition) is 0. The Morgan fingerprint density at radius 1 is 1.29 bits per heavy atom. The molecule has 1 aliphatic rings. The molecule has 24 heavy (non-hydrogen) atoms. The number of aryl methyl sites for hydroxylation is 1. The zero-order valence-corrected chi connectivity index (χ0v) is 13.7. The molecular formula is C18H20N4O2. The molecule has 1 unspecified atom stereocenters. The Balaban J connectivity index is 1.73. The maximum atomic E-state index is 13.2. The van der Waals surface area contributed by atoms with E-state index in [-0.39, 0.29) is 11.9 Å². The second-order valence-corrected chi connectivity index (χ2v) is 6.27. The molecule has 124 valence electrons. The average Bonchev–Trinajstić information content (AvgIpc) is 3.19. The van der Waals surface area contributed by atoms with E-state index in [0.29, 0.717) is 11.2 Å². The van der Waals surface area contributed by atoms with Gasteiger partial charge in [-0.1, -0.05) is 12.8 Å². The van der Waals surface area contributed by atoms with E-state index in [1.807, 2.05) is 36.2 Å². The van der Waals surface area contributed by atoms with Crippen molar-refractivity contribution >= 4 is 11.6 Å². The fourth-order valence-electron chi connectivity index (χ4n) is 3.39. The van der Waals surface area contributed by atoms with Crippen molar-refractivity contribution in [1.29, 1.82) is 0 Å². The number of carbonyl (C=O) groups is 1. The molecule has 6 nitrogen and oxygen atoms in total. The molecule has 1 aliphatic heterocycles. The van der Waals surface area contributed by atoms with E-state index in [4.69, 9.17) is 4.42 Å². The second kappa shape index (κ2) is 6.11. The number of nitrogens with zero attached hydrogens (tertiary/aromatic N) is 4. The number of hydrogen-bond acceptors (Lipinski definition) is 4. The van der Waals surface area contributed by atoms with E-state index < -0.39 is 0 Å². The van der Waals surface area contributed by atoms with Gasteiger partial charge in [-0.05, 0) is 38.0 Å². The van der Waals surface area contributed by atoms with Crippen LogP contribution in [0.3, 0.4) is 0 Å². The van der Waals surface area contributed by atoms with E-state index in [2.05, 4.69) is 10.1 Å². The summed E-state index contributed by atoms with van der Waals surface area (Å²) in [5, 5.41) is 4.27. The zero-order chi connectivity index (χ0) is 16.5. The van der Waals surface area contributed by atoms with Gasteiger partial charge in [0.2, 0.25) is 0 Å². The molecule has 1 amide bonds. The summed E-state index contributed by atoms with van der Waals surface area (Å²) >= 11 is 0. The summed E-state index contributed by atoms with van der Waals surface area (Å²) < 4.78 is 7.26. The number of aromatic nitrogens is 3. The molecule has 3 aromatic rings. The highest BCUT2D eigenvalue weighted by atomic mass is 16.3. The summed E-state index contributed by atoms with van der Waals surface area (Å²) in [6, 6.07) is 5.69. The molecule has 6 heteroatoms. The molecule has 4 rings (SSSR count). The second-order valence-electron chi connectivity index (χ2n) is 6.27. The number of furan rings is 1. The molecule has 0 radical (unpaired) electrons. The van der Waals surface area contributed by atoms with Crippen LogP contribution in [0.25, 0.3) is 5.65 Å². The third-order valence-electron chi connectivity index (χ3n) is 4.62. The molecule has 0 N–H and O–H groups in total. The Morgan fingerprint density at radius 2 is 2.21 bits per heavy atom. The zero-order valence-electron chi connectivity index (χ0n) is 13.7. The van der Waals surface area contributed by atoms with Gasteiger partial charge < -0.3 is 9.32 Å². The van der Waals surface area contributed by atoms with Gasteiger partial charge in [0.05, 0.1) is 18.5 Å². The van der Waals surface area contributed by atoms with Crippen molar-refractivity contribution in [2.75, 3.05) is 6.54 Å². The molecule has 0 aliphatic carbocycles. The van der Waals surface area contributed by atoms with Crippen molar-refractivity contribution in [3.63, 3.8) is 0 Å². The van der Waals surface area contributed by atoms with Crippen LogP contribution in [0.15, 0.2) is 41.3 Å². The van der Waals surface area contributed by atoms with Crippen molar-refractivity contribution in [2.24, 2.45) is 0 Å². The highest BCUT2D eigenvalue weighted by molar-refractivity contribution is 5.99. The SMILES string of the molecule is Cc1ccn2ncc(C(=O)N3CCCCCC3c3ccco3)c2n1. The fourth-order valence-corrected chi connectivity index (χ4v) is 3.39. The van der Waals surface area contributed by atoms with Crippen LogP contribution in [-0.4, -0.2) is 31.9 Å². The highest BCUT2D eigenvalue weighted by Crippen LogP contribution is 2.32. The summed E-state index contributed by atoms with van der Waals surface area (Å²) in [7, 11) is 0. The maximum absolute atomic E-state index is 13.2. The predicted octanol–water partition coefficient (Wildman–Crippen LogP) is 3.39. The smallest absolute Gasteiger partial charge is 0.259 e. The lowest BCUT2D eigenvalue weighted by Gasteiger charge is -2.28. The Hall–Kier alpha value is -2.63. The fraction of sp³-hybridized carbons (Fsp3) is 0.389. The van der Waals surface area contributed by atoms with Gasteiger partial charge in [0, 0.05) is 18.4 Å². The van der Waals surface area contributed by atoms with E-state index >= 15 is 0 Å². The van der Waals surface area contributed by atoms with Gasteiger partial charge in [0.15, 0.2) is 5.65 Å². The first-order chi connectivity index (χ1) is 11.7. The monoisotopic (exact) mass is 324 g/mol. The molecule has 0 spiro atoms. The minimum atomic E-state index is -0.0219. The van der Waals surface area contributed by atoms with Crippen LogP contribution in [0, 0.1) is 6.92 Å². The van der Waals surface area contributed by atoms with Gasteiger partial charge in [-0.3, -0.25) is 4.79 Å². The average molecular weight is 324 g/mol. The summed E-state index contributed by atoms with van der Waals surface area (Å²) in [4.78, 5) is 19.7. The molecule has 1 saturated heterocycles. The van der Waals surface area contributed by atoms with Crippen LogP contribution in [-0.2, 0) is 0 Å². The summed E-state index contributed by atoms with van der Waals surface area (Å²) in [6.07, 6.45) is 9.28. The topological polar surface area (TPSA) is 63.6 Å². The quantitative estimate of drug-likeness (QED) is 0.725. The lowest BCUT2D eigenvalue weighted by molar-refractivity contribution is 0.0660. The molecule has 0 aromatic carbocycles. The summed E-state index contributed by atoms with van der Waals surface area (Å²) in [6.45, 7) is 2.65. The minimum Gasteiger partial charge on any atom is -0.467 e. The molecule has 0 bridgehead atoms. The standard InChI is InChI=1S/C18H20N4O2/c1-13-8-10-22-17(20-13)14(12-19-22)18(23)21-9-4-2-3-6-15(21)16-7-5-11-24-16/h5,7-8,10-12,15H,2-4,6,9H2,1H3. The van der Waals surface area contributed by atoms with Crippen molar-refractivity contribution < 1.29 is 9.21 Å². The van der Waals surface area contributed by atoms with Crippen LogP contribution in [0.5, 0.6) is 0 Å². The van der Waals surface area contributed by atoms with E-state index in [1.54, 1.807) is 17.0 Å².